The predicted octanol–water partition coefficient (Wildman–Crippen LogP) is 6.63. The number of aliphatic imine (C=N–C) groups is 2. The molecule has 2 unspecified atom stereocenters. The van der Waals surface area contributed by atoms with Crippen LogP contribution >= 0.6 is 11.6 Å². The van der Waals surface area contributed by atoms with Crippen LogP contribution in [0.2, 0.25) is 0 Å². The van der Waals surface area contributed by atoms with E-state index < -0.39 is 0 Å². The smallest absolute Gasteiger partial charge is 0.211 e. The number of nitrogens with zero attached hydrogens (tertiary/aromatic N) is 2. The number of hydrogen-bond donors (Lipinski definition) is 1. The van der Waals surface area contributed by atoms with Crippen LogP contribution in [0.4, 0.5) is 5.69 Å². The van der Waals surface area contributed by atoms with E-state index in [4.69, 9.17) is 11.6 Å². The molecule has 1 aromatic rings. The molecule has 0 aliphatic rings. The normalized spacial score (nSPS) is 15.9. The highest BCUT2D eigenvalue weighted by Gasteiger charge is 2.10. The van der Waals surface area contributed by atoms with Gasteiger partial charge in [-0.15, -0.1) is 0 Å². The Labute approximate surface area is 179 Å². The van der Waals surface area contributed by atoms with Crippen LogP contribution in [0.5, 0.6) is 0 Å². The molecule has 0 radical (unpaired) electrons. The lowest BCUT2D eigenvalue weighted by Crippen LogP contribution is -2.07. The summed E-state index contributed by atoms with van der Waals surface area (Å²) in [4.78, 5) is 19.0. The van der Waals surface area contributed by atoms with E-state index in [1.165, 1.54) is 12.5 Å². The van der Waals surface area contributed by atoms with Crippen LogP contribution in [0.1, 0.15) is 40.2 Å². The molecular formula is C24H30ClN3O. The number of rotatable bonds is 10. The van der Waals surface area contributed by atoms with Gasteiger partial charge in [-0.05, 0) is 49.6 Å². The molecule has 0 heterocycles. The summed E-state index contributed by atoms with van der Waals surface area (Å²) in [6.07, 6.45) is 10.0. The van der Waals surface area contributed by atoms with Gasteiger partial charge < -0.3 is 5.32 Å². The fourth-order valence-corrected chi connectivity index (χ4v) is 2.92. The maximum atomic E-state index is 10.7. The number of carbonyl (C=O) groups is 1. The van der Waals surface area contributed by atoms with Gasteiger partial charge in [0, 0.05) is 34.5 Å². The minimum Gasteiger partial charge on any atom is -0.329 e. The maximum Gasteiger partial charge on any atom is 0.211 e. The molecule has 1 aromatic carbocycles. The second kappa shape index (κ2) is 12.7. The Kier molecular flexibility index (Phi) is 10.6. The zero-order chi connectivity index (χ0) is 21.8. The van der Waals surface area contributed by atoms with Crippen molar-refractivity contribution in [1.82, 2.24) is 0 Å². The Balaban J connectivity index is 3.32. The van der Waals surface area contributed by atoms with Gasteiger partial charge in [-0.1, -0.05) is 62.4 Å². The highest BCUT2D eigenvalue weighted by Crippen LogP contribution is 2.25. The first-order valence-corrected chi connectivity index (χ1v) is 9.87. The quantitative estimate of drug-likeness (QED) is 0.199. The monoisotopic (exact) mass is 411 g/mol. The zero-order valence-corrected chi connectivity index (χ0v) is 18.6. The van der Waals surface area contributed by atoms with E-state index in [-0.39, 0.29) is 11.8 Å². The van der Waals surface area contributed by atoms with Crippen LogP contribution < -0.4 is 5.32 Å². The average Bonchev–Trinajstić information content (AvgIpc) is 2.67. The van der Waals surface area contributed by atoms with Crippen LogP contribution in [0.3, 0.4) is 0 Å². The molecule has 2 atom stereocenters. The average molecular weight is 412 g/mol. The van der Waals surface area contributed by atoms with Crippen LogP contribution in [-0.4, -0.2) is 18.5 Å². The second-order valence-electron chi connectivity index (χ2n) is 6.89. The number of nitrogens with one attached hydrogen (secondary N) is 1. The van der Waals surface area contributed by atoms with Gasteiger partial charge in [0.25, 0.3) is 0 Å². The van der Waals surface area contributed by atoms with Crippen molar-refractivity contribution in [3.05, 3.63) is 71.4 Å². The van der Waals surface area contributed by atoms with Crippen molar-refractivity contribution in [3.8, 4) is 0 Å². The molecule has 1 N–H and O–H groups in total. The Morgan fingerprint density at radius 1 is 1.17 bits per heavy atom. The predicted molar refractivity (Wildman–Crippen MR) is 128 cm³/mol. The largest absolute Gasteiger partial charge is 0.329 e. The van der Waals surface area contributed by atoms with Crippen molar-refractivity contribution in [1.29, 1.82) is 0 Å². The summed E-state index contributed by atoms with van der Waals surface area (Å²) in [5.74, 6) is 0.260. The first-order valence-electron chi connectivity index (χ1n) is 9.49. The molecule has 154 valence electrons. The Morgan fingerprint density at radius 3 is 2.52 bits per heavy atom. The zero-order valence-electron chi connectivity index (χ0n) is 17.8. The topological polar surface area (TPSA) is 53.8 Å². The maximum absolute atomic E-state index is 10.7. The minimum atomic E-state index is 0.125. The number of amides is 1. The molecule has 0 bridgehead atoms. The van der Waals surface area contributed by atoms with Gasteiger partial charge in [0.05, 0.1) is 0 Å². The first-order chi connectivity index (χ1) is 13.8. The van der Waals surface area contributed by atoms with Gasteiger partial charge in [-0.25, -0.2) is 9.98 Å². The molecule has 0 fully saturated rings. The SMILES string of the molecule is C=CN=CN=C(C)C(C)/C=C(\C=C(/C)c1cccc(NC=O)c1)C(C)/C=C(\C)Cl. The van der Waals surface area contributed by atoms with Gasteiger partial charge in [0.1, 0.15) is 6.34 Å². The lowest BCUT2D eigenvalue weighted by molar-refractivity contribution is -0.105. The fraction of sp³-hybridized carbons (Fsp3) is 0.292. The molecule has 0 saturated carbocycles. The van der Waals surface area contributed by atoms with Crippen molar-refractivity contribution in [3.63, 3.8) is 0 Å². The summed E-state index contributed by atoms with van der Waals surface area (Å²) in [6.45, 7) is 13.7. The molecular weight excluding hydrogens is 382 g/mol. The van der Waals surface area contributed by atoms with E-state index in [9.17, 15) is 4.79 Å². The van der Waals surface area contributed by atoms with E-state index >= 15 is 0 Å². The Hall–Kier alpha value is -2.72. The molecule has 1 amide bonds. The van der Waals surface area contributed by atoms with Crippen LogP contribution in [0, 0.1) is 11.8 Å². The van der Waals surface area contributed by atoms with Crippen LogP contribution in [-0.2, 0) is 4.79 Å². The molecule has 0 spiro atoms. The number of benzene rings is 1. The fourth-order valence-electron chi connectivity index (χ4n) is 2.73. The van der Waals surface area contributed by atoms with Crippen molar-refractivity contribution >= 4 is 41.3 Å². The summed E-state index contributed by atoms with van der Waals surface area (Å²) >= 11 is 6.13. The van der Waals surface area contributed by atoms with Crippen molar-refractivity contribution in [2.75, 3.05) is 5.32 Å². The van der Waals surface area contributed by atoms with Crippen LogP contribution in [0.15, 0.2) is 75.9 Å². The molecule has 0 aliphatic heterocycles. The van der Waals surface area contributed by atoms with Gasteiger partial charge in [-0.2, -0.15) is 0 Å². The van der Waals surface area contributed by atoms with E-state index in [2.05, 4.69) is 54.8 Å². The van der Waals surface area contributed by atoms with Crippen LogP contribution in [0.25, 0.3) is 5.57 Å². The van der Waals surface area contributed by atoms with Crippen molar-refractivity contribution in [2.24, 2.45) is 21.8 Å². The van der Waals surface area contributed by atoms with Gasteiger partial charge in [0.15, 0.2) is 0 Å². The third kappa shape index (κ3) is 8.88. The highest BCUT2D eigenvalue weighted by atomic mass is 35.5. The minimum absolute atomic E-state index is 0.125. The number of halogens is 1. The van der Waals surface area contributed by atoms with Gasteiger partial charge in [-0.3, -0.25) is 4.79 Å². The van der Waals surface area contributed by atoms with Gasteiger partial charge in [0.2, 0.25) is 6.41 Å². The molecule has 0 saturated heterocycles. The summed E-state index contributed by atoms with van der Waals surface area (Å²) in [6, 6.07) is 7.75. The second-order valence-corrected chi connectivity index (χ2v) is 7.48. The molecule has 1 rings (SSSR count). The number of anilines is 1. The number of allylic oxidation sites excluding steroid dienone is 6. The standard InChI is InChI=1S/C24H30ClN3O/c1-7-26-15-27-21(6)17(2)12-23(18(3)11-20(5)25)13-19(4)22-9-8-10-24(14-22)28-16-29/h7-18H,1H2,2-6H3,(H,28,29)/b19-13+,20-11+,23-12+,26-15?,27-21?. The number of carbonyl (C=O) groups excluding carboxylic acids is 1. The summed E-state index contributed by atoms with van der Waals surface area (Å²) in [5.41, 5.74) is 4.98. The van der Waals surface area contributed by atoms with E-state index in [1.54, 1.807) is 0 Å². The molecule has 5 heteroatoms. The van der Waals surface area contributed by atoms with E-state index in [1.807, 2.05) is 44.2 Å². The van der Waals surface area contributed by atoms with E-state index in [0.29, 0.717) is 6.41 Å². The Bertz CT molecular complexity index is 859. The molecule has 4 nitrogen and oxygen atoms in total. The molecule has 0 aromatic heterocycles. The van der Waals surface area contributed by atoms with Crippen molar-refractivity contribution < 1.29 is 4.79 Å². The first kappa shape index (κ1) is 24.3. The summed E-state index contributed by atoms with van der Waals surface area (Å²) < 4.78 is 0. The lowest BCUT2D eigenvalue weighted by atomic mass is 9.92. The lowest BCUT2D eigenvalue weighted by Gasteiger charge is -2.15. The van der Waals surface area contributed by atoms with Crippen molar-refractivity contribution in [2.45, 2.75) is 34.6 Å². The molecule has 0 aliphatic carbocycles. The molecule has 29 heavy (non-hydrogen) atoms. The number of hydrogen-bond acceptors (Lipinski definition) is 2. The Morgan fingerprint density at radius 2 is 1.90 bits per heavy atom. The van der Waals surface area contributed by atoms with E-state index in [0.717, 1.165) is 33.1 Å². The highest BCUT2D eigenvalue weighted by molar-refractivity contribution is 6.29. The summed E-state index contributed by atoms with van der Waals surface area (Å²) in [7, 11) is 0. The summed E-state index contributed by atoms with van der Waals surface area (Å²) in [5, 5.41) is 3.44. The van der Waals surface area contributed by atoms with Gasteiger partial charge >= 0.3 is 0 Å². The third-order valence-electron chi connectivity index (χ3n) is 4.47. The third-order valence-corrected chi connectivity index (χ3v) is 4.59.